The van der Waals surface area contributed by atoms with Crippen LogP contribution in [0.25, 0.3) is 43.7 Å². The topological polar surface area (TPSA) is 61.8 Å². The van der Waals surface area contributed by atoms with Crippen LogP contribution in [0, 0.1) is 0 Å². The Bertz CT molecular complexity index is 1310. The number of pyridine rings is 2. The van der Waals surface area contributed by atoms with Crippen LogP contribution in [0.2, 0.25) is 0 Å². The Hall–Kier alpha value is -3.24. The van der Waals surface area contributed by atoms with E-state index in [1.54, 1.807) is 6.20 Å². The lowest BCUT2D eigenvalue weighted by Gasteiger charge is -2.22. The Labute approximate surface area is 156 Å². The molecule has 2 N–H and O–H groups in total. The molecule has 3 heterocycles. The van der Waals surface area contributed by atoms with E-state index in [2.05, 4.69) is 27.1 Å². The van der Waals surface area contributed by atoms with Gasteiger partial charge in [-0.15, -0.1) is 0 Å². The Balaban J connectivity index is 1.96. The Morgan fingerprint density at radius 3 is 2.37 bits per heavy atom. The van der Waals surface area contributed by atoms with Gasteiger partial charge in [-0.1, -0.05) is 24.3 Å². The summed E-state index contributed by atoms with van der Waals surface area (Å²) in [4.78, 5) is 12.2. The first-order valence-corrected chi connectivity index (χ1v) is 8.98. The average Bonchev–Trinajstić information content (AvgIpc) is 3.05. The maximum atomic E-state index is 10.7. The maximum absolute atomic E-state index is 10.7. The van der Waals surface area contributed by atoms with Crippen molar-refractivity contribution in [3.63, 3.8) is 0 Å². The average molecular weight is 353 g/mol. The number of H-pyrrole nitrogens is 1. The largest absolute Gasteiger partial charge is 0.386 e. The van der Waals surface area contributed by atoms with Crippen molar-refractivity contribution in [2.75, 3.05) is 0 Å². The molecule has 0 aliphatic heterocycles. The minimum atomic E-state index is -0.940. The normalized spacial score (nSPS) is 12.3. The number of nitrogens with zero attached hydrogens (tertiary/aromatic N) is 2. The van der Waals surface area contributed by atoms with E-state index in [0.29, 0.717) is 0 Å². The molecule has 2 aromatic carbocycles. The van der Waals surface area contributed by atoms with E-state index in [4.69, 9.17) is 0 Å². The number of nitrogens with one attached hydrogen (secondary N) is 1. The molecule has 0 aliphatic rings. The molecule has 27 heavy (non-hydrogen) atoms. The van der Waals surface area contributed by atoms with Crippen LogP contribution >= 0.6 is 0 Å². The third-order valence-electron chi connectivity index (χ3n) is 5.17. The zero-order chi connectivity index (χ0) is 18.6. The molecule has 0 amide bonds. The number of rotatable bonds is 2. The summed E-state index contributed by atoms with van der Waals surface area (Å²) in [6, 6.07) is 14.2. The molecule has 0 saturated heterocycles. The van der Waals surface area contributed by atoms with Crippen molar-refractivity contribution in [1.82, 2.24) is 15.0 Å². The minimum absolute atomic E-state index is 0.896. The SMILES string of the molecule is CC(C)(O)c1ccccc1-c1cc2[nH]c3ccncc3c2c2ccncc12. The van der Waals surface area contributed by atoms with Crippen molar-refractivity contribution in [2.24, 2.45) is 0 Å². The van der Waals surface area contributed by atoms with Crippen LogP contribution in [0.4, 0.5) is 0 Å². The molecular weight excluding hydrogens is 334 g/mol. The Morgan fingerprint density at radius 1 is 0.815 bits per heavy atom. The first-order chi connectivity index (χ1) is 13.0. The molecule has 0 fully saturated rings. The summed E-state index contributed by atoms with van der Waals surface area (Å²) in [7, 11) is 0. The van der Waals surface area contributed by atoms with E-state index in [1.807, 2.05) is 62.8 Å². The molecule has 0 bridgehead atoms. The number of aromatic amines is 1. The number of fused-ring (bicyclic) bond motifs is 5. The van der Waals surface area contributed by atoms with Gasteiger partial charge >= 0.3 is 0 Å². The van der Waals surface area contributed by atoms with Gasteiger partial charge < -0.3 is 10.1 Å². The summed E-state index contributed by atoms with van der Waals surface area (Å²) in [6.07, 6.45) is 7.42. The van der Waals surface area contributed by atoms with E-state index in [9.17, 15) is 5.11 Å². The maximum Gasteiger partial charge on any atom is 0.0846 e. The highest BCUT2D eigenvalue weighted by atomic mass is 16.3. The monoisotopic (exact) mass is 353 g/mol. The molecule has 3 aromatic heterocycles. The highest BCUT2D eigenvalue weighted by Gasteiger charge is 2.22. The van der Waals surface area contributed by atoms with Gasteiger partial charge in [-0.25, -0.2) is 0 Å². The Kier molecular flexibility index (Phi) is 3.33. The zero-order valence-electron chi connectivity index (χ0n) is 15.2. The fourth-order valence-corrected chi connectivity index (χ4v) is 3.98. The van der Waals surface area contributed by atoms with Gasteiger partial charge in [-0.3, -0.25) is 9.97 Å². The lowest BCUT2D eigenvalue weighted by atomic mass is 9.87. The molecule has 0 radical (unpaired) electrons. The van der Waals surface area contributed by atoms with Gasteiger partial charge in [-0.05, 0) is 54.1 Å². The van der Waals surface area contributed by atoms with Gasteiger partial charge in [0.2, 0.25) is 0 Å². The zero-order valence-corrected chi connectivity index (χ0v) is 15.2. The molecule has 132 valence electrons. The molecular formula is C23H19N3O. The third kappa shape index (κ3) is 2.41. The summed E-state index contributed by atoms with van der Waals surface area (Å²) in [5, 5.41) is 15.1. The standard InChI is InChI=1S/C23H19N3O/c1-23(2,27)19-6-4-3-5-14(19)16-11-21-22(15-7-9-24-12-17(15)16)18-13-25-10-8-20(18)26-21/h3-13,26-27H,1-2H3. The molecule has 0 atom stereocenters. The van der Waals surface area contributed by atoms with Crippen LogP contribution in [0.15, 0.2) is 67.3 Å². The summed E-state index contributed by atoms with van der Waals surface area (Å²) >= 11 is 0. The van der Waals surface area contributed by atoms with Crippen molar-refractivity contribution in [1.29, 1.82) is 0 Å². The molecule has 0 saturated carbocycles. The first kappa shape index (κ1) is 16.0. The number of hydrogen-bond donors (Lipinski definition) is 2. The molecule has 5 aromatic rings. The Morgan fingerprint density at radius 2 is 1.56 bits per heavy atom. The van der Waals surface area contributed by atoms with E-state index in [0.717, 1.165) is 49.3 Å². The van der Waals surface area contributed by atoms with E-state index < -0.39 is 5.60 Å². The highest BCUT2D eigenvalue weighted by molar-refractivity contribution is 6.22. The lowest BCUT2D eigenvalue weighted by Crippen LogP contribution is -2.16. The van der Waals surface area contributed by atoms with Crippen LogP contribution in [-0.4, -0.2) is 20.1 Å². The van der Waals surface area contributed by atoms with Crippen LogP contribution in [0.1, 0.15) is 19.4 Å². The smallest absolute Gasteiger partial charge is 0.0846 e. The van der Waals surface area contributed by atoms with Gasteiger partial charge in [0.15, 0.2) is 0 Å². The van der Waals surface area contributed by atoms with E-state index in [1.165, 1.54) is 0 Å². The number of aromatic nitrogens is 3. The quantitative estimate of drug-likeness (QED) is 0.461. The van der Waals surface area contributed by atoms with E-state index >= 15 is 0 Å². The molecule has 4 nitrogen and oxygen atoms in total. The van der Waals surface area contributed by atoms with Crippen molar-refractivity contribution in [2.45, 2.75) is 19.4 Å². The van der Waals surface area contributed by atoms with Gasteiger partial charge in [0.1, 0.15) is 0 Å². The van der Waals surface area contributed by atoms with Gasteiger partial charge in [0, 0.05) is 52.0 Å². The molecule has 0 unspecified atom stereocenters. The number of benzene rings is 2. The van der Waals surface area contributed by atoms with Gasteiger partial charge in [-0.2, -0.15) is 0 Å². The molecule has 0 aliphatic carbocycles. The summed E-state index contributed by atoms with van der Waals surface area (Å²) in [5.41, 5.74) is 4.14. The van der Waals surface area contributed by atoms with Crippen molar-refractivity contribution in [3.05, 3.63) is 72.8 Å². The second kappa shape index (κ2) is 5.63. The predicted molar refractivity (Wildman–Crippen MR) is 110 cm³/mol. The minimum Gasteiger partial charge on any atom is -0.386 e. The van der Waals surface area contributed by atoms with Crippen molar-refractivity contribution >= 4 is 32.6 Å². The molecule has 0 spiro atoms. The number of aliphatic hydroxyl groups is 1. The van der Waals surface area contributed by atoms with Crippen LogP contribution in [0.5, 0.6) is 0 Å². The third-order valence-corrected chi connectivity index (χ3v) is 5.17. The van der Waals surface area contributed by atoms with E-state index in [-0.39, 0.29) is 0 Å². The summed E-state index contributed by atoms with van der Waals surface area (Å²) in [6.45, 7) is 3.64. The molecule has 4 heteroatoms. The van der Waals surface area contributed by atoms with Crippen molar-refractivity contribution < 1.29 is 5.11 Å². The lowest BCUT2D eigenvalue weighted by molar-refractivity contribution is 0.0792. The van der Waals surface area contributed by atoms with Crippen LogP contribution in [0.3, 0.4) is 0 Å². The van der Waals surface area contributed by atoms with Gasteiger partial charge in [0.05, 0.1) is 5.60 Å². The second-order valence-corrected chi connectivity index (χ2v) is 7.42. The highest BCUT2D eigenvalue weighted by Crippen LogP contribution is 2.40. The first-order valence-electron chi connectivity index (χ1n) is 8.98. The van der Waals surface area contributed by atoms with Crippen LogP contribution < -0.4 is 0 Å². The summed E-state index contributed by atoms with van der Waals surface area (Å²) in [5.74, 6) is 0. The van der Waals surface area contributed by atoms with Gasteiger partial charge in [0.25, 0.3) is 0 Å². The van der Waals surface area contributed by atoms with Crippen LogP contribution in [-0.2, 0) is 5.60 Å². The van der Waals surface area contributed by atoms with Crippen molar-refractivity contribution in [3.8, 4) is 11.1 Å². The number of hydrogen-bond acceptors (Lipinski definition) is 3. The fraction of sp³-hybridized carbons (Fsp3) is 0.130. The second-order valence-electron chi connectivity index (χ2n) is 7.42. The fourth-order valence-electron chi connectivity index (χ4n) is 3.98. The summed E-state index contributed by atoms with van der Waals surface area (Å²) < 4.78 is 0. The predicted octanol–water partition coefficient (Wildman–Crippen LogP) is 5.16. The molecule has 5 rings (SSSR count).